The van der Waals surface area contributed by atoms with Gasteiger partial charge >= 0.3 is 0 Å². The van der Waals surface area contributed by atoms with Gasteiger partial charge in [-0.1, -0.05) is 42.5 Å². The molecule has 1 fully saturated rings. The van der Waals surface area contributed by atoms with Crippen molar-refractivity contribution in [3.8, 4) is 0 Å². The first-order chi connectivity index (χ1) is 17.4. The van der Waals surface area contributed by atoms with Crippen LogP contribution >= 0.6 is 0 Å². The minimum absolute atomic E-state index is 0.0795. The molecule has 1 atom stereocenters. The molecule has 1 aliphatic rings. The number of amides is 1. The van der Waals surface area contributed by atoms with Gasteiger partial charge in [-0.2, -0.15) is 0 Å². The molecule has 0 bridgehead atoms. The van der Waals surface area contributed by atoms with E-state index in [2.05, 4.69) is 9.97 Å². The summed E-state index contributed by atoms with van der Waals surface area (Å²) in [5.74, 6) is -1.55. The maximum absolute atomic E-state index is 13.6. The molecule has 3 N–H and O–H groups in total. The summed E-state index contributed by atoms with van der Waals surface area (Å²) in [5.41, 5.74) is 6.67. The Balaban J connectivity index is 1.67. The number of fused-ring (bicyclic) bond motifs is 2. The summed E-state index contributed by atoms with van der Waals surface area (Å²) in [6.45, 7) is 5.92. The Labute approximate surface area is 207 Å². The van der Waals surface area contributed by atoms with E-state index in [0.717, 1.165) is 44.2 Å². The fourth-order valence-corrected chi connectivity index (χ4v) is 5.31. The summed E-state index contributed by atoms with van der Waals surface area (Å²) in [5, 5.41) is 13.3. The van der Waals surface area contributed by atoms with Crippen molar-refractivity contribution < 1.29 is 14.7 Å². The average Bonchev–Trinajstić information content (AvgIpc) is 3.52. The van der Waals surface area contributed by atoms with Gasteiger partial charge in [0.05, 0.1) is 11.6 Å². The topological polar surface area (TPSA) is 89.2 Å². The second-order valence-corrected chi connectivity index (χ2v) is 9.39. The lowest BCUT2D eigenvalue weighted by atomic mass is 9.93. The number of hydrogen-bond acceptors (Lipinski definition) is 3. The number of para-hydroxylation sites is 2. The summed E-state index contributed by atoms with van der Waals surface area (Å²) in [7, 11) is 0. The van der Waals surface area contributed by atoms with Crippen LogP contribution in [0.2, 0.25) is 0 Å². The zero-order chi connectivity index (χ0) is 25.1. The van der Waals surface area contributed by atoms with E-state index in [4.69, 9.17) is 0 Å². The number of hydrogen-bond donors (Lipinski definition) is 3. The van der Waals surface area contributed by atoms with Crippen LogP contribution in [0.3, 0.4) is 0 Å². The standard InChI is InChI=1S/C30H25N3O3/c1-16-12-13-19(14-17(16)2)33-27(25-18(3)32-24-11-7-5-9-21(24)25)26(29(35)30(33)36)28(34)22-15-31-23-10-6-4-8-20(22)23/h4-15,27,31-32,34H,1-3H3/b28-26+. The zero-order valence-electron chi connectivity index (χ0n) is 20.2. The van der Waals surface area contributed by atoms with Crippen molar-refractivity contribution in [3.63, 3.8) is 0 Å². The van der Waals surface area contributed by atoms with Gasteiger partial charge in [-0.05, 0) is 56.2 Å². The first kappa shape index (κ1) is 21.9. The number of carbonyl (C=O) groups is 2. The van der Waals surface area contributed by atoms with E-state index in [1.54, 1.807) is 6.20 Å². The number of nitrogens with zero attached hydrogens (tertiary/aromatic N) is 1. The predicted octanol–water partition coefficient (Wildman–Crippen LogP) is 6.20. The van der Waals surface area contributed by atoms with Crippen LogP contribution in [0, 0.1) is 20.8 Å². The second-order valence-electron chi connectivity index (χ2n) is 9.39. The highest BCUT2D eigenvalue weighted by Crippen LogP contribution is 2.46. The largest absolute Gasteiger partial charge is 0.507 e. The molecule has 2 aromatic heterocycles. The summed E-state index contributed by atoms with van der Waals surface area (Å²) >= 11 is 0. The normalized spacial score (nSPS) is 17.5. The van der Waals surface area contributed by atoms with E-state index in [0.29, 0.717) is 11.3 Å². The molecule has 1 amide bonds. The van der Waals surface area contributed by atoms with Crippen LogP contribution in [0.15, 0.2) is 78.5 Å². The number of H-pyrrole nitrogens is 2. The number of nitrogens with one attached hydrogen (secondary N) is 2. The molecule has 6 rings (SSSR count). The maximum atomic E-state index is 13.6. The highest BCUT2D eigenvalue weighted by Gasteiger charge is 2.48. The second kappa shape index (κ2) is 7.99. The number of aromatic nitrogens is 2. The lowest BCUT2D eigenvalue weighted by Gasteiger charge is -2.26. The van der Waals surface area contributed by atoms with Gasteiger partial charge < -0.3 is 15.1 Å². The number of Topliss-reactive ketones (excluding diaryl/α,β-unsaturated/α-hetero) is 1. The van der Waals surface area contributed by atoms with E-state index >= 15 is 0 Å². The Morgan fingerprint density at radius 3 is 2.31 bits per heavy atom. The van der Waals surface area contributed by atoms with Gasteiger partial charge in [-0.3, -0.25) is 14.5 Å². The smallest absolute Gasteiger partial charge is 0.300 e. The van der Waals surface area contributed by atoms with Crippen LogP contribution < -0.4 is 4.90 Å². The number of aryl methyl sites for hydroxylation is 3. The van der Waals surface area contributed by atoms with Crippen LogP contribution in [-0.4, -0.2) is 26.8 Å². The average molecular weight is 476 g/mol. The highest BCUT2D eigenvalue weighted by atomic mass is 16.3. The molecule has 6 nitrogen and oxygen atoms in total. The summed E-state index contributed by atoms with van der Waals surface area (Å²) in [4.78, 5) is 35.3. The van der Waals surface area contributed by atoms with Crippen LogP contribution in [0.5, 0.6) is 0 Å². The highest BCUT2D eigenvalue weighted by molar-refractivity contribution is 6.52. The third-order valence-electron chi connectivity index (χ3n) is 7.27. The van der Waals surface area contributed by atoms with Crippen LogP contribution in [-0.2, 0) is 9.59 Å². The van der Waals surface area contributed by atoms with Gasteiger partial charge in [0.25, 0.3) is 11.7 Å². The molecule has 0 spiro atoms. The Kier molecular flexibility index (Phi) is 4.86. The third kappa shape index (κ3) is 3.11. The Hall–Kier alpha value is -4.58. The van der Waals surface area contributed by atoms with Gasteiger partial charge in [0.15, 0.2) is 0 Å². The quantitative estimate of drug-likeness (QED) is 0.165. The fraction of sp³-hybridized carbons (Fsp3) is 0.133. The minimum Gasteiger partial charge on any atom is -0.507 e. The number of benzene rings is 3. The molecule has 0 radical (unpaired) electrons. The third-order valence-corrected chi connectivity index (χ3v) is 7.27. The molecular formula is C30H25N3O3. The lowest BCUT2D eigenvalue weighted by molar-refractivity contribution is -0.132. The van der Waals surface area contributed by atoms with Crippen LogP contribution in [0.25, 0.3) is 27.6 Å². The van der Waals surface area contributed by atoms with Gasteiger partial charge in [0.2, 0.25) is 0 Å². The van der Waals surface area contributed by atoms with Crippen LogP contribution in [0.4, 0.5) is 5.69 Å². The van der Waals surface area contributed by atoms with Crippen LogP contribution in [0.1, 0.15) is 34.0 Å². The molecule has 1 aliphatic heterocycles. The zero-order valence-corrected chi connectivity index (χ0v) is 20.2. The van der Waals surface area contributed by atoms with Crippen molar-refractivity contribution in [1.82, 2.24) is 9.97 Å². The molecular weight excluding hydrogens is 450 g/mol. The molecule has 36 heavy (non-hydrogen) atoms. The van der Waals surface area contributed by atoms with E-state index in [9.17, 15) is 14.7 Å². The molecule has 3 aromatic carbocycles. The molecule has 0 aliphatic carbocycles. The van der Waals surface area contributed by atoms with Gasteiger partial charge in [-0.25, -0.2) is 0 Å². The van der Waals surface area contributed by atoms with Crippen molar-refractivity contribution in [1.29, 1.82) is 0 Å². The molecule has 0 saturated carbocycles. The molecule has 5 aromatic rings. The van der Waals surface area contributed by atoms with E-state index in [1.165, 1.54) is 4.90 Å². The monoisotopic (exact) mass is 475 g/mol. The number of rotatable bonds is 3. The van der Waals surface area contributed by atoms with E-state index in [1.807, 2.05) is 87.5 Å². The Morgan fingerprint density at radius 1 is 0.861 bits per heavy atom. The Morgan fingerprint density at radius 2 is 1.56 bits per heavy atom. The van der Waals surface area contributed by atoms with Crippen molar-refractivity contribution in [3.05, 3.63) is 106 Å². The molecule has 178 valence electrons. The fourth-order valence-electron chi connectivity index (χ4n) is 5.31. The summed E-state index contributed by atoms with van der Waals surface area (Å²) in [6.07, 6.45) is 1.68. The van der Waals surface area contributed by atoms with Crippen molar-refractivity contribution in [2.24, 2.45) is 0 Å². The molecule has 1 saturated heterocycles. The maximum Gasteiger partial charge on any atom is 0.300 e. The van der Waals surface area contributed by atoms with Crippen molar-refractivity contribution in [2.45, 2.75) is 26.8 Å². The van der Waals surface area contributed by atoms with Crippen molar-refractivity contribution >= 4 is 44.9 Å². The minimum atomic E-state index is -0.795. The number of anilines is 1. The molecule has 6 heteroatoms. The van der Waals surface area contributed by atoms with Gasteiger partial charge in [0, 0.05) is 50.5 Å². The predicted molar refractivity (Wildman–Crippen MR) is 142 cm³/mol. The van der Waals surface area contributed by atoms with E-state index in [-0.39, 0.29) is 11.3 Å². The first-order valence-electron chi connectivity index (χ1n) is 11.9. The van der Waals surface area contributed by atoms with Crippen molar-refractivity contribution in [2.75, 3.05) is 4.90 Å². The number of aliphatic hydroxyl groups is 1. The van der Waals surface area contributed by atoms with Gasteiger partial charge in [0.1, 0.15) is 5.76 Å². The number of ketones is 1. The Bertz CT molecular complexity index is 1740. The van der Waals surface area contributed by atoms with Gasteiger partial charge in [-0.15, -0.1) is 0 Å². The summed E-state index contributed by atoms with van der Waals surface area (Å²) < 4.78 is 0. The van der Waals surface area contributed by atoms with E-state index < -0.39 is 17.7 Å². The number of carbonyl (C=O) groups excluding carboxylic acids is 2. The SMILES string of the molecule is Cc1ccc(N2C(=O)C(=O)/C(=C(/O)c3c[nH]c4ccccc34)C2c2c(C)[nH]c3ccccc23)cc1C. The lowest BCUT2D eigenvalue weighted by Crippen LogP contribution is -2.29. The first-order valence-corrected chi connectivity index (χ1v) is 11.9. The molecule has 1 unspecified atom stereocenters. The number of aliphatic hydroxyl groups excluding tert-OH is 1. The number of aromatic amines is 2. The molecule has 3 heterocycles. The summed E-state index contributed by atoms with van der Waals surface area (Å²) in [6, 6.07) is 20.3.